The highest BCUT2D eigenvalue weighted by molar-refractivity contribution is 7.93. The molecule has 10 heteroatoms. The molecule has 0 saturated carbocycles. The van der Waals surface area contributed by atoms with Crippen molar-refractivity contribution in [3.8, 4) is 0 Å². The molecule has 0 bridgehead atoms. The summed E-state index contributed by atoms with van der Waals surface area (Å²) in [5.41, 5.74) is 0.0134. The predicted octanol–water partition coefficient (Wildman–Crippen LogP) is 3.44. The van der Waals surface area contributed by atoms with E-state index < -0.39 is 16.0 Å². The van der Waals surface area contributed by atoms with Gasteiger partial charge in [0.05, 0.1) is 26.8 Å². The van der Waals surface area contributed by atoms with Crippen LogP contribution in [-0.4, -0.2) is 29.5 Å². The van der Waals surface area contributed by atoms with Gasteiger partial charge in [0, 0.05) is 12.4 Å². The number of fused-ring (bicyclic) bond motifs is 1. The summed E-state index contributed by atoms with van der Waals surface area (Å²) in [5.74, 6) is -1.35. The van der Waals surface area contributed by atoms with Gasteiger partial charge in [-0.3, -0.25) is 14.7 Å². The zero-order valence-electron chi connectivity index (χ0n) is 12.3. The van der Waals surface area contributed by atoms with E-state index in [-0.39, 0.29) is 31.7 Å². The van der Waals surface area contributed by atoms with E-state index in [2.05, 4.69) is 14.7 Å². The number of anilines is 1. The van der Waals surface area contributed by atoms with E-state index in [1.54, 1.807) is 6.07 Å². The quantitative estimate of drug-likeness (QED) is 0.697. The molecule has 0 amide bonds. The van der Waals surface area contributed by atoms with Gasteiger partial charge in [-0.1, -0.05) is 29.3 Å². The molecule has 3 aromatic rings. The fourth-order valence-electron chi connectivity index (χ4n) is 2.19. The van der Waals surface area contributed by atoms with Crippen molar-refractivity contribution in [2.45, 2.75) is 4.90 Å². The van der Waals surface area contributed by atoms with Gasteiger partial charge < -0.3 is 5.11 Å². The number of carboxylic acids is 1. The van der Waals surface area contributed by atoms with Crippen molar-refractivity contribution in [3.63, 3.8) is 0 Å². The van der Waals surface area contributed by atoms with Gasteiger partial charge in [0.25, 0.3) is 10.0 Å². The molecule has 128 valence electrons. The number of para-hydroxylation sites is 1. The summed E-state index contributed by atoms with van der Waals surface area (Å²) in [7, 11) is -4.14. The summed E-state index contributed by atoms with van der Waals surface area (Å²) >= 11 is 11.7. The normalized spacial score (nSPS) is 11.4. The van der Waals surface area contributed by atoms with Crippen molar-refractivity contribution in [1.82, 2.24) is 9.97 Å². The highest BCUT2D eigenvalue weighted by atomic mass is 35.5. The molecule has 0 spiro atoms. The first-order valence-corrected chi connectivity index (χ1v) is 8.98. The van der Waals surface area contributed by atoms with Crippen molar-refractivity contribution < 1.29 is 18.3 Å². The number of aromatic carboxylic acids is 1. The maximum atomic E-state index is 12.7. The number of aromatic nitrogens is 2. The third kappa shape index (κ3) is 3.37. The first-order valence-electron chi connectivity index (χ1n) is 6.74. The SMILES string of the molecule is O=C(O)c1cc(Cl)c(Cl)cc1NS(=O)(=O)c1cccc2nccnc12. The number of hydrogen-bond acceptors (Lipinski definition) is 5. The third-order valence-electron chi connectivity index (χ3n) is 3.29. The summed E-state index contributed by atoms with van der Waals surface area (Å²) in [5, 5.41) is 9.28. The van der Waals surface area contributed by atoms with Crippen LogP contribution in [0.2, 0.25) is 10.0 Å². The van der Waals surface area contributed by atoms with Crippen molar-refractivity contribution in [3.05, 3.63) is 58.3 Å². The third-order valence-corrected chi connectivity index (χ3v) is 5.41. The van der Waals surface area contributed by atoms with Crippen molar-refractivity contribution in [2.24, 2.45) is 0 Å². The molecule has 0 aliphatic carbocycles. The highest BCUT2D eigenvalue weighted by Crippen LogP contribution is 2.31. The number of rotatable bonds is 4. The molecule has 0 radical (unpaired) electrons. The van der Waals surface area contributed by atoms with Crippen LogP contribution < -0.4 is 4.72 Å². The Morgan fingerprint density at radius 1 is 1.08 bits per heavy atom. The molecular weight excluding hydrogens is 389 g/mol. The van der Waals surface area contributed by atoms with Crippen LogP contribution in [0.25, 0.3) is 11.0 Å². The average molecular weight is 398 g/mol. The van der Waals surface area contributed by atoms with E-state index in [1.807, 2.05) is 0 Å². The molecule has 25 heavy (non-hydrogen) atoms. The second-order valence-electron chi connectivity index (χ2n) is 4.90. The largest absolute Gasteiger partial charge is 0.478 e. The molecule has 2 aromatic carbocycles. The molecule has 0 aliphatic heterocycles. The maximum absolute atomic E-state index is 12.7. The second kappa shape index (κ2) is 6.47. The summed E-state index contributed by atoms with van der Waals surface area (Å²) in [4.78, 5) is 19.3. The molecule has 2 N–H and O–H groups in total. The number of nitrogens with zero attached hydrogens (tertiary/aromatic N) is 2. The van der Waals surface area contributed by atoms with Gasteiger partial charge in [0.15, 0.2) is 0 Å². The summed E-state index contributed by atoms with van der Waals surface area (Å²) in [6, 6.07) is 6.69. The van der Waals surface area contributed by atoms with Gasteiger partial charge in [-0.25, -0.2) is 13.2 Å². The predicted molar refractivity (Wildman–Crippen MR) is 93.8 cm³/mol. The Balaban J connectivity index is 2.14. The van der Waals surface area contributed by atoms with E-state index in [1.165, 1.54) is 24.5 Å². The fraction of sp³-hybridized carbons (Fsp3) is 0. The van der Waals surface area contributed by atoms with Crippen LogP contribution in [0.15, 0.2) is 47.6 Å². The fourth-order valence-corrected chi connectivity index (χ4v) is 3.76. The topological polar surface area (TPSA) is 109 Å². The molecule has 0 atom stereocenters. The molecule has 0 saturated heterocycles. The molecular formula is C15H9Cl2N3O4S. The molecule has 1 heterocycles. The van der Waals surface area contributed by atoms with Gasteiger partial charge in [-0.2, -0.15) is 0 Å². The molecule has 0 unspecified atom stereocenters. The van der Waals surface area contributed by atoms with Gasteiger partial charge in [0.2, 0.25) is 0 Å². The van der Waals surface area contributed by atoms with Crippen LogP contribution in [0.4, 0.5) is 5.69 Å². The maximum Gasteiger partial charge on any atom is 0.337 e. The second-order valence-corrected chi connectivity index (χ2v) is 7.37. The lowest BCUT2D eigenvalue weighted by Gasteiger charge is -2.12. The van der Waals surface area contributed by atoms with Crippen LogP contribution in [0.5, 0.6) is 0 Å². The molecule has 0 fully saturated rings. The Hall–Kier alpha value is -2.42. The zero-order chi connectivity index (χ0) is 18.2. The van der Waals surface area contributed by atoms with Crippen LogP contribution >= 0.6 is 23.2 Å². The Morgan fingerprint density at radius 2 is 1.76 bits per heavy atom. The Bertz CT molecular complexity index is 1100. The van der Waals surface area contributed by atoms with E-state index in [0.717, 1.165) is 12.1 Å². The van der Waals surface area contributed by atoms with Gasteiger partial charge in [-0.15, -0.1) is 0 Å². The van der Waals surface area contributed by atoms with Gasteiger partial charge >= 0.3 is 5.97 Å². The standard InChI is InChI=1S/C15H9Cl2N3O4S/c16-9-6-8(15(21)22)12(7-10(9)17)20-25(23,24)13-3-1-2-11-14(13)19-5-4-18-11/h1-7,20H,(H,21,22). The first-order chi connectivity index (χ1) is 11.8. The smallest absolute Gasteiger partial charge is 0.337 e. The summed E-state index contributed by atoms with van der Waals surface area (Å²) in [6.45, 7) is 0. The number of benzene rings is 2. The number of carbonyl (C=O) groups is 1. The van der Waals surface area contributed by atoms with Crippen molar-refractivity contribution in [1.29, 1.82) is 0 Å². The lowest BCUT2D eigenvalue weighted by atomic mass is 10.2. The number of carboxylic acid groups (broad SMARTS) is 1. The van der Waals surface area contributed by atoms with Crippen LogP contribution in [0.1, 0.15) is 10.4 Å². The molecule has 1 aromatic heterocycles. The highest BCUT2D eigenvalue weighted by Gasteiger charge is 2.22. The summed E-state index contributed by atoms with van der Waals surface area (Å²) < 4.78 is 27.7. The van der Waals surface area contributed by atoms with Gasteiger partial charge in [0.1, 0.15) is 10.4 Å². The van der Waals surface area contributed by atoms with E-state index >= 15 is 0 Å². The molecule has 3 rings (SSSR count). The van der Waals surface area contributed by atoms with Crippen molar-refractivity contribution >= 4 is 55.9 Å². The average Bonchev–Trinajstić information content (AvgIpc) is 2.57. The van der Waals surface area contributed by atoms with Gasteiger partial charge in [-0.05, 0) is 24.3 Å². The molecule has 7 nitrogen and oxygen atoms in total. The lowest BCUT2D eigenvalue weighted by Crippen LogP contribution is -2.16. The number of hydrogen-bond donors (Lipinski definition) is 2. The van der Waals surface area contributed by atoms with Crippen molar-refractivity contribution in [2.75, 3.05) is 4.72 Å². The van der Waals surface area contributed by atoms with Crippen LogP contribution in [0.3, 0.4) is 0 Å². The molecule has 0 aliphatic rings. The minimum Gasteiger partial charge on any atom is -0.478 e. The number of halogens is 2. The van der Waals surface area contributed by atoms with Crippen LogP contribution in [-0.2, 0) is 10.0 Å². The van der Waals surface area contributed by atoms with E-state index in [0.29, 0.717) is 5.52 Å². The Morgan fingerprint density at radius 3 is 2.48 bits per heavy atom. The van der Waals surface area contributed by atoms with Crippen LogP contribution in [0, 0.1) is 0 Å². The summed E-state index contributed by atoms with van der Waals surface area (Å²) in [6.07, 6.45) is 2.80. The minimum atomic E-state index is -4.14. The zero-order valence-corrected chi connectivity index (χ0v) is 14.6. The number of nitrogens with one attached hydrogen (secondary N) is 1. The minimum absolute atomic E-state index is 0.00181. The number of sulfonamides is 1. The first kappa shape index (κ1) is 17.4. The Labute approximate surface area is 152 Å². The monoisotopic (exact) mass is 397 g/mol. The van der Waals surface area contributed by atoms with E-state index in [4.69, 9.17) is 23.2 Å². The lowest BCUT2D eigenvalue weighted by molar-refractivity contribution is 0.0698. The van der Waals surface area contributed by atoms with E-state index in [9.17, 15) is 18.3 Å². The Kier molecular flexibility index (Phi) is 4.51.